The first-order valence-corrected chi connectivity index (χ1v) is 3.92. The van der Waals surface area contributed by atoms with Crippen molar-refractivity contribution in [1.29, 1.82) is 0 Å². The van der Waals surface area contributed by atoms with E-state index in [0.29, 0.717) is 0 Å². The fraction of sp³-hybridized carbons (Fsp3) is 0.333. The molecule has 3 nitrogen and oxygen atoms in total. The van der Waals surface area contributed by atoms with E-state index >= 15 is 0 Å². The lowest BCUT2D eigenvalue weighted by Crippen LogP contribution is -1.93. The normalized spacial score (nSPS) is 9.83. The van der Waals surface area contributed by atoms with Gasteiger partial charge in [0.05, 0.1) is 11.4 Å². The average molecular weight is 163 g/mol. The minimum Gasteiger partial charge on any atom is -0.166 e. The molecule has 0 saturated carbocycles. The molecule has 0 atom stereocenters. The summed E-state index contributed by atoms with van der Waals surface area (Å²) in [6.07, 6.45) is 2.70. The second-order valence-electron chi connectivity index (χ2n) is 2.54. The van der Waals surface area contributed by atoms with Crippen LogP contribution in [-0.2, 0) is 6.42 Å². The third-order valence-corrected chi connectivity index (χ3v) is 1.89. The topological polar surface area (TPSA) is 30.2 Å². The summed E-state index contributed by atoms with van der Waals surface area (Å²) in [5.41, 5.74) is 3.14. The summed E-state index contributed by atoms with van der Waals surface area (Å²) in [5.74, 6) is 0. The Morgan fingerprint density at radius 3 is 2.75 bits per heavy atom. The van der Waals surface area contributed by atoms with Crippen molar-refractivity contribution in [3.05, 3.63) is 23.5 Å². The third-order valence-electron chi connectivity index (χ3n) is 1.89. The van der Waals surface area contributed by atoms with Crippen molar-refractivity contribution in [2.75, 3.05) is 0 Å². The molecule has 0 unspecified atom stereocenters. The van der Waals surface area contributed by atoms with Gasteiger partial charge in [0, 0.05) is 12.3 Å². The molecule has 0 aliphatic heterocycles. The van der Waals surface area contributed by atoms with Gasteiger partial charge in [-0.1, -0.05) is 13.5 Å². The maximum Gasteiger partial charge on any atom is 0.0901 e. The van der Waals surface area contributed by atoms with Crippen molar-refractivity contribution in [1.82, 2.24) is 9.89 Å². The van der Waals surface area contributed by atoms with E-state index in [1.807, 2.05) is 6.92 Å². The highest BCUT2D eigenvalue weighted by atomic mass is 15.5. The van der Waals surface area contributed by atoms with Gasteiger partial charge in [0.1, 0.15) is 0 Å². The molecule has 0 radical (unpaired) electrons. The average Bonchev–Trinajstić information content (AvgIpc) is 2.40. The lowest BCUT2D eigenvalue weighted by atomic mass is 10.1. The van der Waals surface area contributed by atoms with Gasteiger partial charge in [-0.05, 0) is 19.4 Å². The first-order valence-electron chi connectivity index (χ1n) is 3.92. The molecule has 0 aliphatic rings. The van der Waals surface area contributed by atoms with E-state index in [0.717, 1.165) is 17.8 Å². The van der Waals surface area contributed by atoms with E-state index in [9.17, 15) is 0 Å². The number of aryl methyl sites for hydroxylation is 1. The molecule has 12 heavy (non-hydrogen) atoms. The molecule has 0 N–H and O–H groups in total. The quantitative estimate of drug-likeness (QED) is 0.625. The zero-order valence-corrected chi connectivity index (χ0v) is 7.54. The van der Waals surface area contributed by atoms with Gasteiger partial charge in [-0.2, -0.15) is 15.0 Å². The fourth-order valence-electron chi connectivity index (χ4n) is 1.31. The van der Waals surface area contributed by atoms with E-state index in [1.54, 1.807) is 6.08 Å². The maximum atomic E-state index is 4.19. The molecule has 0 amide bonds. The molecule has 0 aliphatic carbocycles. The number of hydrogen-bond donors (Lipinski definition) is 0. The van der Waals surface area contributed by atoms with Crippen LogP contribution in [0.2, 0.25) is 0 Å². The molecular formula is C9H13N3. The summed E-state index contributed by atoms with van der Waals surface area (Å²) < 4.78 is 0. The van der Waals surface area contributed by atoms with E-state index in [-0.39, 0.29) is 0 Å². The predicted molar refractivity (Wildman–Crippen MR) is 51.4 cm³/mol. The van der Waals surface area contributed by atoms with Gasteiger partial charge in [0.15, 0.2) is 0 Å². The summed E-state index contributed by atoms with van der Waals surface area (Å²) in [6, 6.07) is 0. The van der Waals surface area contributed by atoms with Crippen LogP contribution in [-0.4, -0.2) is 16.6 Å². The Bertz CT molecular complexity index is 310. The Hall–Kier alpha value is -1.38. The van der Waals surface area contributed by atoms with Crippen LogP contribution in [0.3, 0.4) is 0 Å². The summed E-state index contributed by atoms with van der Waals surface area (Å²) in [6.45, 7) is 11.2. The zero-order valence-electron chi connectivity index (χ0n) is 7.54. The molecule has 1 aromatic heterocycles. The van der Waals surface area contributed by atoms with Crippen LogP contribution in [0.15, 0.2) is 11.7 Å². The van der Waals surface area contributed by atoms with Crippen molar-refractivity contribution < 1.29 is 0 Å². The van der Waals surface area contributed by atoms with Gasteiger partial charge in [-0.15, -0.1) is 0 Å². The van der Waals surface area contributed by atoms with Crippen molar-refractivity contribution in [3.8, 4) is 0 Å². The van der Waals surface area contributed by atoms with Crippen molar-refractivity contribution in [2.24, 2.45) is 5.10 Å². The molecule has 0 saturated heterocycles. The Labute approximate surface area is 72.4 Å². The Morgan fingerprint density at radius 1 is 1.67 bits per heavy atom. The predicted octanol–water partition coefficient (Wildman–Crippen LogP) is 1.86. The van der Waals surface area contributed by atoms with Crippen LogP contribution in [0.25, 0.3) is 6.08 Å². The minimum atomic E-state index is 0.947. The van der Waals surface area contributed by atoms with E-state index in [1.165, 1.54) is 10.4 Å². The van der Waals surface area contributed by atoms with E-state index in [2.05, 4.69) is 30.4 Å². The molecule has 0 fully saturated rings. The Balaban J connectivity index is 3.34. The first kappa shape index (κ1) is 8.71. The molecule has 1 rings (SSSR count). The smallest absolute Gasteiger partial charge is 0.0901 e. The Morgan fingerprint density at radius 2 is 2.33 bits per heavy atom. The largest absolute Gasteiger partial charge is 0.166 e. The summed E-state index contributed by atoms with van der Waals surface area (Å²) >= 11 is 0. The van der Waals surface area contributed by atoms with Crippen LogP contribution in [0.5, 0.6) is 0 Å². The highest BCUT2D eigenvalue weighted by Crippen LogP contribution is 2.15. The van der Waals surface area contributed by atoms with E-state index < -0.39 is 0 Å². The third kappa shape index (κ3) is 1.18. The van der Waals surface area contributed by atoms with Gasteiger partial charge in [-0.25, -0.2) is 0 Å². The minimum absolute atomic E-state index is 0.947. The molecule has 0 aromatic carbocycles. The second-order valence-corrected chi connectivity index (χ2v) is 2.54. The molecule has 64 valence electrons. The summed E-state index contributed by atoms with van der Waals surface area (Å²) in [4.78, 5) is 1.52. The molecular weight excluding hydrogens is 150 g/mol. The zero-order chi connectivity index (χ0) is 9.14. The lowest BCUT2D eigenvalue weighted by molar-refractivity contribution is 0.730. The summed E-state index contributed by atoms with van der Waals surface area (Å²) in [5, 5.41) is 7.94. The van der Waals surface area contributed by atoms with Gasteiger partial charge in [0.2, 0.25) is 0 Å². The summed E-state index contributed by atoms with van der Waals surface area (Å²) in [7, 11) is 0. The standard InChI is InChI=1S/C9H13N3/c1-5-8-7(3)11-12(10-4)9(8)6-2/h6H,2,4-5H2,1,3H3. The molecule has 0 bridgehead atoms. The number of aromatic nitrogens is 2. The van der Waals surface area contributed by atoms with Crippen LogP contribution >= 0.6 is 0 Å². The monoisotopic (exact) mass is 163 g/mol. The van der Waals surface area contributed by atoms with Gasteiger partial charge >= 0.3 is 0 Å². The van der Waals surface area contributed by atoms with Gasteiger partial charge in [-0.3, -0.25) is 0 Å². The van der Waals surface area contributed by atoms with Crippen molar-refractivity contribution >= 4 is 12.8 Å². The van der Waals surface area contributed by atoms with Gasteiger partial charge in [0.25, 0.3) is 0 Å². The highest BCUT2D eigenvalue weighted by Gasteiger charge is 2.09. The van der Waals surface area contributed by atoms with Crippen LogP contribution < -0.4 is 0 Å². The van der Waals surface area contributed by atoms with E-state index in [4.69, 9.17) is 0 Å². The van der Waals surface area contributed by atoms with Crippen LogP contribution in [0.4, 0.5) is 0 Å². The van der Waals surface area contributed by atoms with Crippen molar-refractivity contribution in [3.63, 3.8) is 0 Å². The van der Waals surface area contributed by atoms with Crippen LogP contribution in [0.1, 0.15) is 23.9 Å². The molecule has 0 spiro atoms. The molecule has 1 heterocycles. The number of nitrogens with zero attached hydrogens (tertiary/aromatic N) is 3. The maximum absolute atomic E-state index is 4.19. The number of hydrogen-bond acceptors (Lipinski definition) is 2. The van der Waals surface area contributed by atoms with Crippen LogP contribution in [0, 0.1) is 6.92 Å². The lowest BCUT2D eigenvalue weighted by Gasteiger charge is -1.96. The fourth-order valence-corrected chi connectivity index (χ4v) is 1.31. The van der Waals surface area contributed by atoms with Gasteiger partial charge < -0.3 is 0 Å². The molecule has 1 aromatic rings. The SMILES string of the molecule is C=Cc1c(CC)c(C)nn1N=C. The number of rotatable bonds is 3. The second kappa shape index (κ2) is 3.34. The Kier molecular flexibility index (Phi) is 2.43. The van der Waals surface area contributed by atoms with Crippen molar-refractivity contribution in [2.45, 2.75) is 20.3 Å². The highest BCUT2D eigenvalue weighted by molar-refractivity contribution is 5.49. The molecule has 3 heteroatoms. The first-order chi connectivity index (χ1) is 5.74.